The molecule has 2 aromatic rings. The quantitative estimate of drug-likeness (QED) is 0.468. The van der Waals surface area contributed by atoms with E-state index in [1.165, 1.54) is 4.90 Å². The maximum absolute atomic E-state index is 13.7. The van der Waals surface area contributed by atoms with Crippen molar-refractivity contribution in [2.45, 2.75) is 63.9 Å². The number of aliphatic hydroxyl groups is 1. The number of hydrogen-bond acceptors (Lipinski definition) is 5. The minimum absolute atomic E-state index is 0.202. The molecule has 0 radical (unpaired) electrons. The van der Waals surface area contributed by atoms with Gasteiger partial charge in [-0.25, -0.2) is 4.79 Å². The molecule has 3 rings (SSSR count). The smallest absolute Gasteiger partial charge is 0.408 e. The Morgan fingerprint density at radius 2 is 1.75 bits per heavy atom. The highest BCUT2D eigenvalue weighted by molar-refractivity contribution is 5.92. The van der Waals surface area contributed by atoms with Gasteiger partial charge in [0, 0.05) is 18.2 Å². The highest BCUT2D eigenvalue weighted by atomic mass is 16.6. The number of carbonyl (C=O) groups is 3. The van der Waals surface area contributed by atoms with Crippen LogP contribution in [-0.4, -0.2) is 52.2 Å². The Hall–Kier alpha value is -3.83. The summed E-state index contributed by atoms with van der Waals surface area (Å²) < 4.78 is 5.25. The van der Waals surface area contributed by atoms with Crippen molar-refractivity contribution in [2.75, 3.05) is 6.61 Å². The summed E-state index contributed by atoms with van der Waals surface area (Å²) in [5.74, 6) is 1.61. The first kappa shape index (κ1) is 26.8. The van der Waals surface area contributed by atoms with Gasteiger partial charge in [0.1, 0.15) is 17.7 Å². The molecule has 36 heavy (non-hydrogen) atoms. The van der Waals surface area contributed by atoms with Crippen LogP contribution in [0, 0.1) is 12.3 Å². The van der Waals surface area contributed by atoms with Crippen LogP contribution in [0.15, 0.2) is 54.6 Å². The third kappa shape index (κ3) is 7.33. The molecule has 1 aliphatic carbocycles. The number of rotatable bonds is 9. The summed E-state index contributed by atoms with van der Waals surface area (Å²) in [6, 6.07) is 13.9. The first-order chi connectivity index (χ1) is 17.1. The van der Waals surface area contributed by atoms with E-state index >= 15 is 0 Å². The number of nitrogens with one attached hydrogen (secondary N) is 2. The SMILES string of the molecule is C#Cc1ccc(C(C(=O)NCc2ccccc2)N(C(=O)C(CO)NC(=O)OC(C)(C)C)C2CC2)cc1. The van der Waals surface area contributed by atoms with Gasteiger partial charge in [-0.1, -0.05) is 48.4 Å². The number of ether oxygens (including phenoxy) is 1. The molecule has 0 heterocycles. The lowest BCUT2D eigenvalue weighted by molar-refractivity contribution is -0.144. The summed E-state index contributed by atoms with van der Waals surface area (Å²) in [6.07, 6.45) is 6.08. The van der Waals surface area contributed by atoms with Crippen LogP contribution in [0.1, 0.15) is 56.3 Å². The molecular weight excluding hydrogens is 458 g/mol. The number of terminal acetylenes is 1. The van der Waals surface area contributed by atoms with Crippen molar-refractivity contribution in [1.82, 2.24) is 15.5 Å². The molecule has 1 fully saturated rings. The monoisotopic (exact) mass is 491 g/mol. The van der Waals surface area contributed by atoms with Crippen LogP contribution in [0.5, 0.6) is 0 Å². The van der Waals surface area contributed by atoms with Crippen LogP contribution in [-0.2, 0) is 20.9 Å². The van der Waals surface area contributed by atoms with Gasteiger partial charge in [0.05, 0.1) is 6.61 Å². The van der Waals surface area contributed by atoms with E-state index in [-0.39, 0.29) is 18.5 Å². The van der Waals surface area contributed by atoms with Crippen LogP contribution in [0.2, 0.25) is 0 Å². The van der Waals surface area contributed by atoms with E-state index in [4.69, 9.17) is 11.2 Å². The van der Waals surface area contributed by atoms with Crippen LogP contribution in [0.4, 0.5) is 4.79 Å². The van der Waals surface area contributed by atoms with Crippen molar-refractivity contribution < 1.29 is 24.2 Å². The summed E-state index contributed by atoms with van der Waals surface area (Å²) in [7, 11) is 0. The topological polar surface area (TPSA) is 108 Å². The lowest BCUT2D eigenvalue weighted by Crippen LogP contribution is -2.55. The molecule has 2 unspecified atom stereocenters. The molecule has 2 aromatic carbocycles. The Morgan fingerprint density at radius 1 is 1.11 bits per heavy atom. The number of hydrogen-bond donors (Lipinski definition) is 3. The standard InChI is InChI=1S/C28H33N3O5/c1-5-19-11-13-21(14-12-19)24(25(33)29-17-20-9-7-6-8-10-20)31(22-15-16-22)26(34)23(18-32)30-27(35)36-28(2,3)4/h1,6-14,22-24,32H,15-18H2,2-4H3,(H,29,33)(H,30,35). The van der Waals surface area contributed by atoms with Gasteiger partial charge in [-0.15, -0.1) is 6.42 Å². The van der Waals surface area contributed by atoms with Crippen molar-refractivity contribution in [3.8, 4) is 12.3 Å². The van der Waals surface area contributed by atoms with E-state index in [9.17, 15) is 19.5 Å². The van der Waals surface area contributed by atoms with E-state index < -0.39 is 36.3 Å². The first-order valence-corrected chi connectivity index (χ1v) is 11.9. The van der Waals surface area contributed by atoms with Gasteiger partial charge >= 0.3 is 6.09 Å². The Morgan fingerprint density at radius 3 is 2.28 bits per heavy atom. The summed E-state index contributed by atoms with van der Waals surface area (Å²) in [6.45, 7) is 4.74. The van der Waals surface area contributed by atoms with Gasteiger partial charge < -0.3 is 25.4 Å². The van der Waals surface area contributed by atoms with Gasteiger partial charge in [-0.2, -0.15) is 0 Å². The predicted octanol–water partition coefficient (Wildman–Crippen LogP) is 2.90. The van der Waals surface area contributed by atoms with Crippen LogP contribution in [0.25, 0.3) is 0 Å². The highest BCUT2D eigenvalue weighted by Crippen LogP contribution is 2.35. The van der Waals surface area contributed by atoms with Gasteiger partial charge in [-0.05, 0) is 56.9 Å². The van der Waals surface area contributed by atoms with E-state index in [0.717, 1.165) is 5.56 Å². The average Bonchev–Trinajstić information content (AvgIpc) is 3.69. The van der Waals surface area contributed by atoms with Crippen molar-refractivity contribution in [2.24, 2.45) is 0 Å². The van der Waals surface area contributed by atoms with Gasteiger partial charge in [0.2, 0.25) is 11.8 Å². The Balaban J connectivity index is 1.89. The zero-order valence-electron chi connectivity index (χ0n) is 20.9. The lowest BCUT2D eigenvalue weighted by atomic mass is 10.0. The number of aliphatic hydroxyl groups excluding tert-OH is 1. The zero-order valence-corrected chi connectivity index (χ0v) is 20.9. The van der Waals surface area contributed by atoms with Crippen LogP contribution >= 0.6 is 0 Å². The minimum Gasteiger partial charge on any atom is -0.444 e. The van der Waals surface area contributed by atoms with Gasteiger partial charge in [0.25, 0.3) is 0 Å². The molecule has 0 saturated heterocycles. The molecule has 8 heteroatoms. The molecule has 3 amide bonds. The predicted molar refractivity (Wildman–Crippen MR) is 136 cm³/mol. The minimum atomic E-state index is -1.27. The first-order valence-electron chi connectivity index (χ1n) is 11.9. The summed E-state index contributed by atoms with van der Waals surface area (Å²) in [5.41, 5.74) is 1.36. The number of benzene rings is 2. The fourth-order valence-corrected chi connectivity index (χ4v) is 3.77. The van der Waals surface area contributed by atoms with Crippen molar-refractivity contribution in [1.29, 1.82) is 0 Å². The number of carbonyl (C=O) groups excluding carboxylic acids is 3. The third-order valence-corrected chi connectivity index (χ3v) is 5.60. The molecule has 3 N–H and O–H groups in total. The molecule has 0 bridgehead atoms. The van der Waals surface area contributed by atoms with E-state index in [1.807, 2.05) is 30.3 Å². The molecule has 8 nitrogen and oxygen atoms in total. The summed E-state index contributed by atoms with van der Waals surface area (Å²) in [5, 5.41) is 15.3. The molecule has 190 valence electrons. The Bertz CT molecular complexity index is 1100. The van der Waals surface area contributed by atoms with E-state index in [0.29, 0.717) is 24.0 Å². The van der Waals surface area contributed by atoms with Crippen LogP contribution in [0.3, 0.4) is 0 Å². The van der Waals surface area contributed by atoms with Crippen molar-refractivity contribution >= 4 is 17.9 Å². The largest absolute Gasteiger partial charge is 0.444 e. The van der Waals surface area contributed by atoms with E-state index in [1.54, 1.807) is 45.0 Å². The van der Waals surface area contributed by atoms with E-state index in [2.05, 4.69) is 16.6 Å². The molecule has 0 spiro atoms. The van der Waals surface area contributed by atoms with Gasteiger partial charge in [0.15, 0.2) is 0 Å². The summed E-state index contributed by atoms with van der Waals surface area (Å²) >= 11 is 0. The number of alkyl carbamates (subject to hydrolysis) is 1. The third-order valence-electron chi connectivity index (χ3n) is 5.60. The molecular formula is C28H33N3O5. The molecule has 0 aliphatic heterocycles. The molecule has 1 aliphatic rings. The van der Waals surface area contributed by atoms with Crippen molar-refractivity contribution in [3.63, 3.8) is 0 Å². The number of amides is 3. The second kappa shape index (κ2) is 11.7. The van der Waals surface area contributed by atoms with Crippen molar-refractivity contribution in [3.05, 3.63) is 71.3 Å². The maximum atomic E-state index is 13.7. The molecule has 1 saturated carbocycles. The normalized spacial score (nSPS) is 14.6. The summed E-state index contributed by atoms with van der Waals surface area (Å²) in [4.78, 5) is 41.0. The lowest BCUT2D eigenvalue weighted by Gasteiger charge is -2.34. The highest BCUT2D eigenvalue weighted by Gasteiger charge is 2.44. The molecule has 2 atom stereocenters. The number of nitrogens with zero attached hydrogens (tertiary/aromatic N) is 1. The Kier molecular flexibility index (Phi) is 8.73. The Labute approximate surface area is 212 Å². The average molecular weight is 492 g/mol. The van der Waals surface area contributed by atoms with Crippen LogP contribution < -0.4 is 10.6 Å². The molecule has 0 aromatic heterocycles. The fourth-order valence-electron chi connectivity index (χ4n) is 3.77. The van der Waals surface area contributed by atoms with Gasteiger partial charge in [-0.3, -0.25) is 9.59 Å². The second-order valence-electron chi connectivity index (χ2n) is 9.73. The maximum Gasteiger partial charge on any atom is 0.408 e. The fraction of sp³-hybridized carbons (Fsp3) is 0.393. The zero-order chi connectivity index (χ0) is 26.3. The second-order valence-corrected chi connectivity index (χ2v) is 9.73.